The minimum absolute atomic E-state index is 0. The first-order chi connectivity index (χ1) is 12.6. The van der Waals surface area contributed by atoms with E-state index in [0.717, 1.165) is 19.4 Å². The molecule has 27 heavy (non-hydrogen) atoms. The molecule has 3 rings (SSSR count). The Bertz CT molecular complexity index is 644. The molecule has 2 saturated heterocycles. The van der Waals surface area contributed by atoms with Crippen LogP contribution in [0.15, 0.2) is 24.3 Å². The molecule has 7 heteroatoms. The number of nitrogens with two attached hydrogens (primary N) is 1. The van der Waals surface area contributed by atoms with Crippen molar-refractivity contribution in [3.8, 4) is 0 Å². The number of benzene rings is 1. The number of piperidine rings is 1. The third-order valence-corrected chi connectivity index (χ3v) is 5.78. The van der Waals surface area contributed by atoms with Crippen LogP contribution in [0, 0.1) is 5.41 Å². The Morgan fingerprint density at radius 1 is 1.22 bits per heavy atom. The van der Waals surface area contributed by atoms with Gasteiger partial charge in [-0.3, -0.25) is 9.59 Å². The zero-order valence-corrected chi connectivity index (χ0v) is 16.7. The van der Waals surface area contributed by atoms with Crippen molar-refractivity contribution >= 4 is 29.9 Å². The summed E-state index contributed by atoms with van der Waals surface area (Å²) in [4.78, 5) is 27.4. The highest BCUT2D eigenvalue weighted by molar-refractivity contribution is 5.97. The fourth-order valence-corrected chi connectivity index (χ4v) is 3.81. The average Bonchev–Trinajstić information content (AvgIpc) is 2.69. The van der Waals surface area contributed by atoms with Crippen LogP contribution in [0.4, 0.5) is 5.69 Å². The van der Waals surface area contributed by atoms with Crippen molar-refractivity contribution in [2.75, 3.05) is 31.6 Å². The van der Waals surface area contributed by atoms with Crippen molar-refractivity contribution in [2.45, 2.75) is 45.1 Å². The number of halogens is 1. The average molecular weight is 396 g/mol. The van der Waals surface area contributed by atoms with Gasteiger partial charge in [-0.25, -0.2) is 0 Å². The topological polar surface area (TPSA) is 84.7 Å². The van der Waals surface area contributed by atoms with Crippen molar-refractivity contribution in [1.29, 1.82) is 0 Å². The molecule has 2 aliphatic rings. The van der Waals surface area contributed by atoms with Gasteiger partial charge in [0.2, 0.25) is 5.91 Å². The number of likely N-dealkylation sites (tertiary alicyclic amines) is 1. The second-order valence-electron chi connectivity index (χ2n) is 7.47. The van der Waals surface area contributed by atoms with E-state index in [4.69, 9.17) is 10.5 Å². The summed E-state index contributed by atoms with van der Waals surface area (Å²) in [6.07, 6.45) is 4.58. The summed E-state index contributed by atoms with van der Waals surface area (Å²) in [7, 11) is 0. The molecule has 0 radical (unpaired) electrons. The van der Waals surface area contributed by atoms with Gasteiger partial charge in [0.15, 0.2) is 0 Å². The highest BCUT2D eigenvalue weighted by atomic mass is 35.5. The molecule has 2 fully saturated rings. The Balaban J connectivity index is 0.00000261. The number of hydrogen-bond donors (Lipinski definition) is 2. The summed E-state index contributed by atoms with van der Waals surface area (Å²) < 4.78 is 5.36. The summed E-state index contributed by atoms with van der Waals surface area (Å²) in [5.41, 5.74) is 6.68. The molecule has 0 aliphatic carbocycles. The number of rotatable bonds is 4. The van der Waals surface area contributed by atoms with E-state index >= 15 is 0 Å². The molecule has 0 saturated carbocycles. The fourth-order valence-electron chi connectivity index (χ4n) is 3.81. The smallest absolute Gasteiger partial charge is 0.254 e. The Morgan fingerprint density at radius 3 is 2.48 bits per heavy atom. The first-order valence-electron chi connectivity index (χ1n) is 9.56. The summed E-state index contributed by atoms with van der Waals surface area (Å²) in [5, 5.41) is 2.96. The SMILES string of the molecule is CC1CCCCN1C(=O)c1ccc(NC(=O)C2(CN)CCOCC2)cc1.Cl. The van der Waals surface area contributed by atoms with Gasteiger partial charge in [0.25, 0.3) is 5.91 Å². The lowest BCUT2D eigenvalue weighted by Gasteiger charge is -2.34. The molecular formula is C20H30ClN3O3. The molecule has 2 heterocycles. The molecule has 150 valence electrons. The number of nitrogens with zero attached hydrogens (tertiary/aromatic N) is 1. The van der Waals surface area contributed by atoms with Crippen LogP contribution >= 0.6 is 12.4 Å². The third kappa shape index (κ3) is 4.81. The third-order valence-electron chi connectivity index (χ3n) is 5.78. The van der Waals surface area contributed by atoms with Crippen LogP contribution < -0.4 is 11.1 Å². The fraction of sp³-hybridized carbons (Fsp3) is 0.600. The molecule has 2 amide bonds. The lowest BCUT2D eigenvalue weighted by Crippen LogP contribution is -2.46. The van der Waals surface area contributed by atoms with E-state index in [1.165, 1.54) is 6.42 Å². The van der Waals surface area contributed by atoms with Crippen LogP contribution in [-0.4, -0.2) is 49.1 Å². The first kappa shape index (κ1) is 21.7. The standard InChI is InChI=1S/C20H29N3O3.ClH/c1-15-4-2-3-11-23(15)18(24)16-5-7-17(8-6-16)22-19(25)20(14-21)9-12-26-13-10-20;/h5-8,15H,2-4,9-14,21H2,1H3,(H,22,25);1H. The highest BCUT2D eigenvalue weighted by Crippen LogP contribution is 2.31. The Morgan fingerprint density at radius 2 is 1.89 bits per heavy atom. The Labute approximate surface area is 167 Å². The van der Waals surface area contributed by atoms with Crippen LogP contribution in [0.2, 0.25) is 0 Å². The molecule has 0 spiro atoms. The molecule has 3 N–H and O–H groups in total. The lowest BCUT2D eigenvalue weighted by molar-refractivity contribution is -0.130. The Kier molecular flexibility index (Phi) is 7.65. The molecule has 1 unspecified atom stereocenters. The number of ether oxygens (including phenoxy) is 1. The van der Waals surface area contributed by atoms with Crippen LogP contribution in [-0.2, 0) is 9.53 Å². The van der Waals surface area contributed by atoms with E-state index < -0.39 is 5.41 Å². The van der Waals surface area contributed by atoms with Crippen LogP contribution in [0.1, 0.15) is 49.4 Å². The van der Waals surface area contributed by atoms with Gasteiger partial charge >= 0.3 is 0 Å². The van der Waals surface area contributed by atoms with Crippen molar-refractivity contribution in [3.63, 3.8) is 0 Å². The van der Waals surface area contributed by atoms with Crippen molar-refractivity contribution in [2.24, 2.45) is 11.1 Å². The summed E-state index contributed by atoms with van der Waals surface area (Å²) in [5.74, 6) is 0.00460. The number of hydrogen-bond acceptors (Lipinski definition) is 4. The zero-order chi connectivity index (χ0) is 18.6. The maximum absolute atomic E-state index is 12.7. The Hall–Kier alpha value is -1.63. The summed E-state index contributed by atoms with van der Waals surface area (Å²) in [6.45, 7) is 4.36. The van der Waals surface area contributed by atoms with Crippen molar-refractivity contribution in [3.05, 3.63) is 29.8 Å². The van der Waals surface area contributed by atoms with Crippen LogP contribution in [0.3, 0.4) is 0 Å². The van der Waals surface area contributed by atoms with Crippen LogP contribution in [0.25, 0.3) is 0 Å². The quantitative estimate of drug-likeness (QED) is 0.820. The maximum atomic E-state index is 12.7. The van der Waals surface area contributed by atoms with E-state index in [9.17, 15) is 9.59 Å². The second-order valence-corrected chi connectivity index (χ2v) is 7.47. The number of carbonyl (C=O) groups is 2. The molecule has 2 aliphatic heterocycles. The molecule has 1 aromatic carbocycles. The monoisotopic (exact) mass is 395 g/mol. The van der Waals surface area contributed by atoms with Crippen molar-refractivity contribution < 1.29 is 14.3 Å². The second kappa shape index (κ2) is 9.53. The van der Waals surface area contributed by atoms with E-state index in [1.807, 2.05) is 4.90 Å². The minimum Gasteiger partial charge on any atom is -0.381 e. The largest absolute Gasteiger partial charge is 0.381 e. The van der Waals surface area contributed by atoms with Gasteiger partial charge in [-0.15, -0.1) is 12.4 Å². The number of amides is 2. The predicted octanol–water partition coefficient (Wildman–Crippen LogP) is 2.82. The van der Waals surface area contributed by atoms with Gasteiger partial charge in [-0.2, -0.15) is 0 Å². The van der Waals surface area contributed by atoms with Crippen LogP contribution in [0.5, 0.6) is 0 Å². The van der Waals surface area contributed by atoms with E-state index in [1.54, 1.807) is 24.3 Å². The lowest BCUT2D eigenvalue weighted by atomic mass is 9.79. The normalized spacial score (nSPS) is 21.9. The molecule has 6 nitrogen and oxygen atoms in total. The molecular weight excluding hydrogens is 366 g/mol. The summed E-state index contributed by atoms with van der Waals surface area (Å²) >= 11 is 0. The highest BCUT2D eigenvalue weighted by Gasteiger charge is 2.38. The predicted molar refractivity (Wildman–Crippen MR) is 108 cm³/mol. The van der Waals surface area contributed by atoms with Gasteiger partial charge in [-0.1, -0.05) is 0 Å². The maximum Gasteiger partial charge on any atom is 0.254 e. The van der Waals surface area contributed by atoms with Gasteiger partial charge in [0.1, 0.15) is 0 Å². The van der Waals surface area contributed by atoms with E-state index in [2.05, 4.69) is 12.2 Å². The van der Waals surface area contributed by atoms with Crippen molar-refractivity contribution in [1.82, 2.24) is 4.90 Å². The van der Waals surface area contributed by atoms with Gasteiger partial charge in [-0.05, 0) is 63.3 Å². The zero-order valence-electron chi connectivity index (χ0n) is 15.9. The van der Waals surface area contributed by atoms with Gasteiger partial charge < -0.3 is 20.7 Å². The molecule has 1 atom stereocenters. The number of nitrogens with one attached hydrogen (secondary N) is 1. The minimum atomic E-state index is -0.560. The van der Waals surface area contributed by atoms with E-state index in [-0.39, 0.29) is 30.3 Å². The number of carbonyl (C=O) groups excluding carboxylic acids is 2. The molecule has 0 bridgehead atoms. The first-order valence-corrected chi connectivity index (χ1v) is 9.56. The molecule has 0 aromatic heterocycles. The van der Waals surface area contributed by atoms with Gasteiger partial charge in [0.05, 0.1) is 5.41 Å². The molecule has 1 aromatic rings. The van der Waals surface area contributed by atoms with E-state index in [0.29, 0.717) is 43.9 Å². The number of anilines is 1. The summed E-state index contributed by atoms with van der Waals surface area (Å²) in [6, 6.07) is 7.46. The van der Waals surface area contributed by atoms with Gasteiger partial charge in [0, 0.05) is 43.6 Å².